The summed E-state index contributed by atoms with van der Waals surface area (Å²) in [5.74, 6) is -0.489. The van der Waals surface area contributed by atoms with E-state index in [1.54, 1.807) is 11.7 Å². The quantitative estimate of drug-likeness (QED) is 0.869. The largest absolute Gasteiger partial charge is 0.484 e. The average Bonchev–Trinajstić information content (AvgIpc) is 2.72. The smallest absolute Gasteiger partial charge is 0.166 e. The van der Waals surface area contributed by atoms with Crippen molar-refractivity contribution in [3.63, 3.8) is 0 Å². The lowest BCUT2D eigenvalue weighted by Gasteiger charge is -2.08. The van der Waals surface area contributed by atoms with Crippen LogP contribution < -0.4 is 4.74 Å². The number of aryl methyl sites for hydroxylation is 2. The molecule has 0 aliphatic carbocycles. The number of hydrogen-bond acceptors (Lipinski definition) is 3. The van der Waals surface area contributed by atoms with Crippen LogP contribution in [0.5, 0.6) is 5.75 Å². The number of nitrogens with zero attached hydrogens (tertiary/aromatic N) is 3. The van der Waals surface area contributed by atoms with Crippen LogP contribution in [0.4, 0.5) is 4.39 Å². The molecule has 2 rings (SSSR count). The Bertz CT molecular complexity index is 676. The van der Waals surface area contributed by atoms with Crippen molar-refractivity contribution in [1.82, 2.24) is 9.78 Å². The van der Waals surface area contributed by atoms with Crippen molar-refractivity contribution in [3.05, 3.63) is 46.0 Å². The number of nitriles is 1. The molecule has 6 heteroatoms. The molecule has 1 heterocycles. The highest BCUT2D eigenvalue weighted by Gasteiger charge is 2.14. The van der Waals surface area contributed by atoms with E-state index in [-0.39, 0.29) is 17.9 Å². The first-order chi connectivity index (χ1) is 9.56. The zero-order valence-electron chi connectivity index (χ0n) is 11.2. The van der Waals surface area contributed by atoms with E-state index in [1.165, 1.54) is 12.1 Å². The molecular formula is C14H13ClFN3O. The summed E-state index contributed by atoms with van der Waals surface area (Å²) in [5, 5.41) is 13.5. The van der Waals surface area contributed by atoms with Gasteiger partial charge >= 0.3 is 0 Å². The minimum atomic E-state index is -0.571. The normalized spacial score (nSPS) is 10.3. The Kier molecular flexibility index (Phi) is 4.26. The van der Waals surface area contributed by atoms with E-state index in [9.17, 15) is 4.39 Å². The molecule has 0 saturated carbocycles. The monoisotopic (exact) mass is 293 g/mol. The van der Waals surface area contributed by atoms with Crippen LogP contribution in [-0.2, 0) is 20.1 Å². The van der Waals surface area contributed by atoms with Crippen LogP contribution in [0.1, 0.15) is 23.9 Å². The number of aromatic nitrogens is 2. The molecule has 0 bridgehead atoms. The molecule has 0 radical (unpaired) electrons. The predicted molar refractivity (Wildman–Crippen MR) is 73.0 cm³/mol. The molecule has 0 atom stereocenters. The highest BCUT2D eigenvalue weighted by molar-refractivity contribution is 6.31. The van der Waals surface area contributed by atoms with Gasteiger partial charge in [0.15, 0.2) is 11.6 Å². The van der Waals surface area contributed by atoms with Gasteiger partial charge in [0.25, 0.3) is 0 Å². The third-order valence-corrected chi connectivity index (χ3v) is 3.36. The highest BCUT2D eigenvalue weighted by atomic mass is 35.5. The summed E-state index contributed by atoms with van der Waals surface area (Å²) < 4.78 is 20.7. The molecule has 2 aromatic rings. The number of rotatable bonds is 4. The highest BCUT2D eigenvalue weighted by Crippen LogP contribution is 2.24. The van der Waals surface area contributed by atoms with E-state index >= 15 is 0 Å². The first-order valence-electron chi connectivity index (χ1n) is 6.09. The van der Waals surface area contributed by atoms with Crippen molar-refractivity contribution >= 4 is 11.6 Å². The SMILES string of the molecule is CCc1nn(C)c(COc2ccc(C#N)cc2F)c1Cl. The van der Waals surface area contributed by atoms with E-state index < -0.39 is 5.82 Å². The van der Waals surface area contributed by atoms with Gasteiger partial charge in [0.1, 0.15) is 6.61 Å². The zero-order chi connectivity index (χ0) is 14.7. The maximum absolute atomic E-state index is 13.7. The molecule has 0 N–H and O–H groups in total. The Labute approximate surface area is 121 Å². The molecule has 1 aromatic carbocycles. The summed E-state index contributed by atoms with van der Waals surface area (Å²) in [7, 11) is 1.76. The van der Waals surface area contributed by atoms with Gasteiger partial charge in [-0.1, -0.05) is 18.5 Å². The first kappa shape index (κ1) is 14.4. The van der Waals surface area contributed by atoms with Crippen molar-refractivity contribution in [2.45, 2.75) is 20.0 Å². The lowest BCUT2D eigenvalue weighted by atomic mass is 10.2. The zero-order valence-corrected chi connectivity index (χ0v) is 11.9. The maximum Gasteiger partial charge on any atom is 0.166 e. The molecule has 20 heavy (non-hydrogen) atoms. The second kappa shape index (κ2) is 5.93. The van der Waals surface area contributed by atoms with Gasteiger partial charge in [-0.05, 0) is 24.6 Å². The van der Waals surface area contributed by atoms with E-state index in [0.29, 0.717) is 10.7 Å². The minimum Gasteiger partial charge on any atom is -0.484 e. The van der Waals surface area contributed by atoms with Gasteiger partial charge < -0.3 is 4.74 Å². The molecular weight excluding hydrogens is 281 g/mol. The van der Waals surface area contributed by atoms with Crippen LogP contribution in [0, 0.1) is 17.1 Å². The molecule has 1 aromatic heterocycles. The fourth-order valence-electron chi connectivity index (χ4n) is 1.81. The third-order valence-electron chi connectivity index (χ3n) is 2.93. The molecule has 0 unspecified atom stereocenters. The van der Waals surface area contributed by atoms with Gasteiger partial charge in [-0.25, -0.2) is 4.39 Å². The van der Waals surface area contributed by atoms with Crippen molar-refractivity contribution in [1.29, 1.82) is 5.26 Å². The van der Waals surface area contributed by atoms with Gasteiger partial charge in [0.2, 0.25) is 0 Å². The van der Waals surface area contributed by atoms with Gasteiger partial charge in [-0.15, -0.1) is 0 Å². The van der Waals surface area contributed by atoms with Crippen molar-refractivity contribution in [2.75, 3.05) is 0 Å². The van der Waals surface area contributed by atoms with Crippen LogP contribution in [0.15, 0.2) is 18.2 Å². The average molecular weight is 294 g/mol. The molecule has 4 nitrogen and oxygen atoms in total. The first-order valence-corrected chi connectivity index (χ1v) is 6.47. The molecule has 0 aliphatic heterocycles. The molecule has 0 saturated heterocycles. The number of ether oxygens (including phenoxy) is 1. The van der Waals surface area contributed by atoms with E-state index in [2.05, 4.69) is 5.10 Å². The molecule has 104 valence electrons. The minimum absolute atomic E-state index is 0.0827. The van der Waals surface area contributed by atoms with Gasteiger partial charge in [0, 0.05) is 7.05 Å². The van der Waals surface area contributed by atoms with Gasteiger partial charge in [-0.3, -0.25) is 4.68 Å². The second-order valence-corrected chi connectivity index (χ2v) is 4.61. The summed E-state index contributed by atoms with van der Waals surface area (Å²) >= 11 is 6.18. The summed E-state index contributed by atoms with van der Waals surface area (Å²) in [5.41, 5.74) is 1.72. The van der Waals surface area contributed by atoms with Crippen molar-refractivity contribution < 1.29 is 9.13 Å². The number of benzene rings is 1. The lowest BCUT2D eigenvalue weighted by molar-refractivity contribution is 0.280. The molecule has 0 aliphatic rings. The number of hydrogen-bond donors (Lipinski definition) is 0. The van der Waals surface area contributed by atoms with Gasteiger partial charge in [0.05, 0.1) is 28.0 Å². The molecule has 0 fully saturated rings. The third kappa shape index (κ3) is 2.75. The summed E-state index contributed by atoms with van der Waals surface area (Å²) in [4.78, 5) is 0. The van der Waals surface area contributed by atoms with E-state index in [0.717, 1.165) is 18.2 Å². The summed E-state index contributed by atoms with van der Waals surface area (Å²) in [6.07, 6.45) is 0.720. The maximum atomic E-state index is 13.7. The lowest BCUT2D eigenvalue weighted by Crippen LogP contribution is -2.04. The Balaban J connectivity index is 2.17. The van der Waals surface area contributed by atoms with Crippen molar-refractivity contribution in [3.8, 4) is 11.8 Å². The van der Waals surface area contributed by atoms with Crippen LogP contribution in [0.25, 0.3) is 0 Å². The van der Waals surface area contributed by atoms with E-state index in [4.69, 9.17) is 21.6 Å². The predicted octanol–water partition coefficient (Wildman–Crippen LogP) is 3.23. The molecule has 0 amide bonds. The number of halogens is 2. The Morgan fingerprint density at radius 3 is 2.80 bits per heavy atom. The van der Waals surface area contributed by atoms with Crippen LogP contribution in [0.3, 0.4) is 0 Å². The summed E-state index contributed by atoms with van der Waals surface area (Å²) in [6.45, 7) is 2.07. The topological polar surface area (TPSA) is 50.8 Å². The second-order valence-electron chi connectivity index (χ2n) is 4.23. The van der Waals surface area contributed by atoms with Crippen LogP contribution >= 0.6 is 11.6 Å². The molecule has 0 spiro atoms. The van der Waals surface area contributed by atoms with Gasteiger partial charge in [-0.2, -0.15) is 10.4 Å². The van der Waals surface area contributed by atoms with E-state index in [1.807, 2.05) is 13.0 Å². The van der Waals surface area contributed by atoms with Crippen molar-refractivity contribution in [2.24, 2.45) is 7.05 Å². The van der Waals surface area contributed by atoms with Crippen LogP contribution in [0.2, 0.25) is 5.02 Å². The Morgan fingerprint density at radius 1 is 1.50 bits per heavy atom. The Hall–Kier alpha value is -2.06. The Morgan fingerprint density at radius 2 is 2.25 bits per heavy atom. The summed E-state index contributed by atoms with van der Waals surface area (Å²) in [6, 6.07) is 5.93. The standard InChI is InChI=1S/C14H13ClFN3O/c1-3-11-14(15)12(19(2)18-11)8-20-13-5-4-9(7-17)6-10(13)16/h4-6H,3,8H2,1-2H3. The fourth-order valence-corrected chi connectivity index (χ4v) is 2.16. The fraction of sp³-hybridized carbons (Fsp3) is 0.286. The van der Waals surface area contributed by atoms with Crippen LogP contribution in [-0.4, -0.2) is 9.78 Å².